The van der Waals surface area contributed by atoms with Crippen molar-refractivity contribution in [2.24, 2.45) is 0 Å². The topological polar surface area (TPSA) is 141 Å². The quantitative estimate of drug-likeness (QED) is 0.148. The highest BCUT2D eigenvalue weighted by Gasteiger charge is 2.26. The molecule has 0 fully saturated rings. The van der Waals surface area contributed by atoms with E-state index in [-0.39, 0.29) is 54.8 Å². The fourth-order valence-corrected chi connectivity index (χ4v) is 4.82. The summed E-state index contributed by atoms with van der Waals surface area (Å²) in [6.45, 7) is 64.2. The summed E-state index contributed by atoms with van der Waals surface area (Å²) in [6.07, 6.45) is 12.2. The summed E-state index contributed by atoms with van der Waals surface area (Å²) in [7, 11) is 0. The van der Waals surface area contributed by atoms with Crippen molar-refractivity contribution in [1.82, 2.24) is 69.5 Å². The van der Waals surface area contributed by atoms with Crippen LogP contribution in [0.5, 0.6) is 0 Å². The molecule has 0 aliphatic carbocycles. The highest BCUT2D eigenvalue weighted by molar-refractivity contribution is 5.16. The summed E-state index contributed by atoms with van der Waals surface area (Å²) in [6, 6.07) is 0. The number of tetrazole rings is 1. The van der Waals surface area contributed by atoms with Crippen LogP contribution < -0.4 is 0 Å². The average Bonchev–Trinajstić information content (AvgIpc) is 3.92. The van der Waals surface area contributed by atoms with Crippen molar-refractivity contribution in [2.45, 2.75) is 262 Å². The van der Waals surface area contributed by atoms with Crippen molar-refractivity contribution in [3.05, 3.63) is 65.8 Å². The molecule has 0 aliphatic heterocycles. The lowest BCUT2D eigenvalue weighted by molar-refractivity contribution is 0.303. The smallest absolute Gasteiger partial charge is 0.180 e. The third kappa shape index (κ3) is 19.6. The van der Waals surface area contributed by atoms with E-state index in [0.29, 0.717) is 0 Å². The number of imidazole rings is 1. The number of nitrogens with zero attached hydrogens (tertiary/aromatic N) is 14. The Hall–Kier alpha value is -4.23. The van der Waals surface area contributed by atoms with E-state index in [4.69, 9.17) is 0 Å². The Morgan fingerprint density at radius 2 is 0.754 bits per heavy atom. The Balaban J connectivity index is 0.000000406. The average molecular weight is 905 g/mol. The van der Waals surface area contributed by atoms with Crippen LogP contribution in [-0.4, -0.2) is 69.5 Å². The molecule has 0 radical (unpaired) electrons. The fourth-order valence-electron chi connectivity index (χ4n) is 4.82. The molecule has 0 aliphatic rings. The zero-order chi connectivity index (χ0) is 51.4. The normalized spacial score (nSPS) is 13.4. The van der Waals surface area contributed by atoms with E-state index < -0.39 is 0 Å². The van der Waals surface area contributed by atoms with Crippen molar-refractivity contribution in [1.29, 1.82) is 0 Å². The molecule has 5 aromatic rings. The summed E-state index contributed by atoms with van der Waals surface area (Å²) in [5.74, 6) is 0.794. The second kappa shape index (κ2) is 20.3. The predicted octanol–water partition coefficient (Wildman–Crippen LogP) is 12.3. The summed E-state index contributed by atoms with van der Waals surface area (Å²) in [5, 5.41) is 33.4. The first kappa shape index (κ1) is 58.8. The molecule has 0 spiro atoms. The van der Waals surface area contributed by atoms with Crippen molar-refractivity contribution < 1.29 is 0 Å². The summed E-state index contributed by atoms with van der Waals surface area (Å²) in [4.78, 5) is 6.08. The minimum atomic E-state index is -0.0868. The van der Waals surface area contributed by atoms with Gasteiger partial charge in [-0.2, -0.15) is 9.90 Å². The van der Waals surface area contributed by atoms with Crippen molar-refractivity contribution >= 4 is 0 Å². The third-order valence-corrected chi connectivity index (χ3v) is 9.84. The Morgan fingerprint density at radius 3 is 0.938 bits per heavy atom. The number of hydrogen-bond donors (Lipinski definition) is 0. The van der Waals surface area contributed by atoms with Gasteiger partial charge in [-0.1, -0.05) is 114 Å². The molecule has 5 heterocycles. The van der Waals surface area contributed by atoms with Crippen molar-refractivity contribution in [3.63, 3.8) is 0 Å². The monoisotopic (exact) mass is 905 g/mol. The van der Waals surface area contributed by atoms with E-state index in [1.165, 1.54) is 5.56 Å². The van der Waals surface area contributed by atoms with E-state index in [1.54, 1.807) is 4.80 Å². The molecule has 14 heteroatoms. The van der Waals surface area contributed by atoms with Crippen molar-refractivity contribution in [3.8, 4) is 0 Å². The first-order chi connectivity index (χ1) is 28.6. The van der Waals surface area contributed by atoms with Crippen LogP contribution in [0.15, 0.2) is 37.3 Å². The maximum Gasteiger partial charge on any atom is 0.180 e. The first-order valence-electron chi connectivity index (χ1n) is 23.3. The molecule has 0 aromatic carbocycles. The standard InChI is InChI=1S/2C11H20N2.2C10H19N3.C9H18N4/c1-10(2,3)9-7-13(8-12-9)11(4,5)6;1-10(2,3)9-7-12-13(8-9)11(4,5)6;2*1-9(2,3)8-7-13(12-11-8)10(4,5)6;1-8(2,3)7-10-12-13(11-7)9(4,5)6/h2*7-8H,1-6H3;2*7H,1-6H3;1-6H3. The van der Waals surface area contributed by atoms with E-state index in [1.807, 2.05) is 39.0 Å². The van der Waals surface area contributed by atoms with E-state index in [9.17, 15) is 0 Å². The molecule has 65 heavy (non-hydrogen) atoms. The van der Waals surface area contributed by atoms with Gasteiger partial charge in [0.05, 0.1) is 51.8 Å². The largest absolute Gasteiger partial charge is 0.332 e. The van der Waals surface area contributed by atoms with Gasteiger partial charge in [-0.25, -0.2) is 14.3 Å². The molecular weight excluding hydrogens is 809 g/mol. The number of rotatable bonds is 0. The van der Waals surface area contributed by atoms with E-state index in [0.717, 1.165) is 22.9 Å². The maximum absolute atomic E-state index is 4.42. The zero-order valence-corrected chi connectivity index (χ0v) is 47.2. The van der Waals surface area contributed by atoms with Crippen LogP contribution in [0.4, 0.5) is 0 Å². The van der Waals surface area contributed by atoms with Crippen LogP contribution in [0, 0.1) is 0 Å². The van der Waals surface area contributed by atoms with Gasteiger partial charge in [0.15, 0.2) is 5.82 Å². The Bertz CT molecular complexity index is 1650. The maximum atomic E-state index is 4.42. The van der Waals surface area contributed by atoms with E-state index in [2.05, 4.69) is 271 Å². The second-order valence-corrected chi connectivity index (χ2v) is 27.4. The lowest BCUT2D eigenvalue weighted by Gasteiger charge is -2.20. The Labute approximate surface area is 396 Å². The first-order valence-corrected chi connectivity index (χ1v) is 23.3. The molecule has 0 atom stereocenters. The molecule has 0 saturated carbocycles. The van der Waals surface area contributed by atoms with Crippen LogP contribution in [0.2, 0.25) is 0 Å². The Morgan fingerprint density at radius 1 is 0.354 bits per heavy atom. The highest BCUT2D eigenvalue weighted by Crippen LogP contribution is 2.26. The molecule has 5 aromatic heterocycles. The fraction of sp³-hybridized carbons (Fsp3) is 0.784. The SMILES string of the molecule is CC(C)(C)c1cn(C(C)(C)C)cn1.CC(C)(C)c1cn(C(C)(C)C)nn1.CC(C)(C)c1cn(C(C)(C)C)nn1.CC(C)(C)c1cnn(C(C)(C)C)c1.CC(C)(C)c1nnn(C(C)(C)C)n1. The molecule has 0 bridgehead atoms. The van der Waals surface area contributed by atoms with Crippen LogP contribution in [0.3, 0.4) is 0 Å². The minimum Gasteiger partial charge on any atom is -0.332 e. The summed E-state index contributed by atoms with van der Waals surface area (Å²) >= 11 is 0. The zero-order valence-electron chi connectivity index (χ0n) is 47.2. The van der Waals surface area contributed by atoms with E-state index >= 15 is 0 Å². The van der Waals surface area contributed by atoms with Crippen LogP contribution in [0.25, 0.3) is 0 Å². The molecule has 0 amide bonds. The lowest BCUT2D eigenvalue weighted by atomic mass is 9.90. The molecule has 0 saturated heterocycles. The van der Waals surface area contributed by atoms with Gasteiger partial charge < -0.3 is 4.57 Å². The highest BCUT2D eigenvalue weighted by atomic mass is 15.6. The van der Waals surface area contributed by atoms with Gasteiger partial charge in [0.2, 0.25) is 0 Å². The molecular formula is C51H96N14. The van der Waals surface area contributed by atoms with Gasteiger partial charge in [-0.3, -0.25) is 4.68 Å². The van der Waals surface area contributed by atoms with Crippen LogP contribution >= 0.6 is 0 Å². The van der Waals surface area contributed by atoms with Crippen LogP contribution in [0.1, 0.15) is 236 Å². The Kier molecular flexibility index (Phi) is 18.4. The predicted molar refractivity (Wildman–Crippen MR) is 271 cm³/mol. The van der Waals surface area contributed by atoms with Gasteiger partial charge in [0, 0.05) is 52.0 Å². The van der Waals surface area contributed by atoms with Gasteiger partial charge in [0.25, 0.3) is 0 Å². The molecule has 14 nitrogen and oxygen atoms in total. The van der Waals surface area contributed by atoms with Crippen molar-refractivity contribution in [2.75, 3.05) is 0 Å². The van der Waals surface area contributed by atoms with Gasteiger partial charge in [-0.05, 0) is 120 Å². The number of aromatic nitrogens is 14. The van der Waals surface area contributed by atoms with Crippen LogP contribution in [-0.2, 0) is 54.8 Å². The lowest BCUT2D eigenvalue weighted by Crippen LogP contribution is -2.25. The summed E-state index contributed by atoms with van der Waals surface area (Å²) < 4.78 is 8.00. The summed E-state index contributed by atoms with van der Waals surface area (Å²) in [5.41, 5.74) is 5.22. The second-order valence-electron chi connectivity index (χ2n) is 27.4. The third-order valence-electron chi connectivity index (χ3n) is 9.84. The number of hydrogen-bond acceptors (Lipinski definition) is 9. The molecule has 0 N–H and O–H groups in total. The molecule has 5 rings (SSSR count). The van der Waals surface area contributed by atoms with Gasteiger partial charge in [-0.15, -0.1) is 20.4 Å². The molecule has 370 valence electrons. The minimum absolute atomic E-state index is 0.0243. The molecule has 0 unspecified atom stereocenters. The van der Waals surface area contributed by atoms with Gasteiger partial charge in [0.1, 0.15) is 0 Å². The van der Waals surface area contributed by atoms with Gasteiger partial charge >= 0.3 is 0 Å².